The zero-order valence-corrected chi connectivity index (χ0v) is 13.5. The van der Waals surface area contributed by atoms with Crippen LogP contribution in [-0.4, -0.2) is 18.5 Å². The molecule has 0 aliphatic rings. The highest BCUT2D eigenvalue weighted by Crippen LogP contribution is 2.14. The number of thiophene rings is 1. The fraction of sp³-hybridized carbons (Fsp3) is 0.294. The molecule has 0 fully saturated rings. The lowest BCUT2D eigenvalue weighted by atomic mass is 10.1. The molecule has 0 bridgehead atoms. The van der Waals surface area contributed by atoms with Crippen molar-refractivity contribution in [1.29, 1.82) is 0 Å². The Hall–Kier alpha value is -2.14. The Morgan fingerprint density at radius 2 is 1.95 bits per heavy atom. The number of aryl methyl sites for hydroxylation is 1. The van der Waals surface area contributed by atoms with Crippen molar-refractivity contribution in [3.63, 3.8) is 0 Å². The summed E-state index contributed by atoms with van der Waals surface area (Å²) in [6.07, 6.45) is 0.986. The molecule has 1 heterocycles. The van der Waals surface area contributed by atoms with E-state index in [1.165, 1.54) is 16.9 Å². The van der Waals surface area contributed by atoms with Gasteiger partial charge in [0.25, 0.3) is 5.91 Å². The van der Waals surface area contributed by atoms with Crippen molar-refractivity contribution in [2.45, 2.75) is 26.3 Å². The summed E-state index contributed by atoms with van der Waals surface area (Å²) in [6.45, 7) is 3.73. The molecule has 1 aromatic heterocycles. The van der Waals surface area contributed by atoms with Crippen LogP contribution >= 0.6 is 11.3 Å². The SMILES string of the molecule is CCc1ccc([C@H](C)NC(=O)COC(=O)c2cccs2)cc1. The van der Waals surface area contributed by atoms with E-state index >= 15 is 0 Å². The number of benzene rings is 1. The van der Waals surface area contributed by atoms with Gasteiger partial charge in [-0.1, -0.05) is 37.3 Å². The molecule has 2 aromatic rings. The van der Waals surface area contributed by atoms with Crippen molar-refractivity contribution < 1.29 is 14.3 Å². The maximum Gasteiger partial charge on any atom is 0.348 e. The van der Waals surface area contributed by atoms with Gasteiger partial charge in [-0.05, 0) is 35.9 Å². The summed E-state index contributed by atoms with van der Waals surface area (Å²) in [5, 5.41) is 4.61. The van der Waals surface area contributed by atoms with E-state index in [0.717, 1.165) is 12.0 Å². The molecular formula is C17H19NO3S. The Labute approximate surface area is 134 Å². The number of carbonyl (C=O) groups is 2. The predicted octanol–water partition coefficient (Wildman–Crippen LogP) is 3.34. The summed E-state index contributed by atoms with van der Waals surface area (Å²) in [7, 11) is 0. The van der Waals surface area contributed by atoms with E-state index in [4.69, 9.17) is 4.74 Å². The van der Waals surface area contributed by atoms with Gasteiger partial charge in [0.05, 0.1) is 6.04 Å². The molecular weight excluding hydrogens is 298 g/mol. The van der Waals surface area contributed by atoms with Crippen LogP contribution in [0.2, 0.25) is 0 Å². The normalized spacial score (nSPS) is 11.7. The summed E-state index contributed by atoms with van der Waals surface area (Å²) < 4.78 is 4.98. The molecule has 1 amide bonds. The van der Waals surface area contributed by atoms with E-state index in [0.29, 0.717) is 4.88 Å². The largest absolute Gasteiger partial charge is 0.451 e. The summed E-state index contributed by atoms with van der Waals surface area (Å²) in [4.78, 5) is 24.0. The van der Waals surface area contributed by atoms with Crippen LogP contribution in [0.3, 0.4) is 0 Å². The van der Waals surface area contributed by atoms with Gasteiger partial charge in [-0.3, -0.25) is 4.79 Å². The van der Waals surface area contributed by atoms with Gasteiger partial charge in [0.1, 0.15) is 4.88 Å². The second-order valence-electron chi connectivity index (χ2n) is 4.94. The van der Waals surface area contributed by atoms with Crippen LogP contribution in [0.15, 0.2) is 41.8 Å². The van der Waals surface area contributed by atoms with Gasteiger partial charge < -0.3 is 10.1 Å². The minimum Gasteiger partial charge on any atom is -0.451 e. The molecule has 1 aromatic carbocycles. The molecule has 0 aliphatic heterocycles. The Morgan fingerprint density at radius 1 is 1.23 bits per heavy atom. The molecule has 22 heavy (non-hydrogen) atoms. The van der Waals surface area contributed by atoms with Crippen molar-refractivity contribution >= 4 is 23.2 Å². The number of rotatable bonds is 6. The number of nitrogens with one attached hydrogen (secondary N) is 1. The van der Waals surface area contributed by atoms with Crippen molar-refractivity contribution in [3.05, 3.63) is 57.8 Å². The third-order valence-corrected chi connectivity index (χ3v) is 4.17. The fourth-order valence-corrected chi connectivity index (χ4v) is 2.62. The smallest absolute Gasteiger partial charge is 0.348 e. The second-order valence-corrected chi connectivity index (χ2v) is 5.89. The molecule has 0 aliphatic carbocycles. The van der Waals surface area contributed by atoms with Gasteiger partial charge in [-0.25, -0.2) is 4.79 Å². The van der Waals surface area contributed by atoms with Gasteiger partial charge >= 0.3 is 5.97 Å². The zero-order chi connectivity index (χ0) is 15.9. The molecule has 5 heteroatoms. The molecule has 0 saturated carbocycles. The van der Waals surface area contributed by atoms with Crippen molar-refractivity contribution in [3.8, 4) is 0 Å². The first kappa shape index (κ1) is 16.2. The number of esters is 1. The van der Waals surface area contributed by atoms with E-state index in [9.17, 15) is 9.59 Å². The Bertz CT molecular complexity index is 620. The number of amides is 1. The van der Waals surface area contributed by atoms with E-state index in [1.807, 2.05) is 19.1 Å². The van der Waals surface area contributed by atoms with Crippen LogP contribution in [0.4, 0.5) is 0 Å². The third kappa shape index (κ3) is 4.43. The van der Waals surface area contributed by atoms with Crippen LogP contribution in [-0.2, 0) is 16.0 Å². The van der Waals surface area contributed by atoms with Gasteiger partial charge in [-0.15, -0.1) is 11.3 Å². The third-order valence-electron chi connectivity index (χ3n) is 3.32. The first-order valence-electron chi connectivity index (χ1n) is 7.19. The van der Waals surface area contributed by atoms with Gasteiger partial charge in [0, 0.05) is 0 Å². The molecule has 2 rings (SSSR count). The van der Waals surface area contributed by atoms with Crippen LogP contribution in [0.25, 0.3) is 0 Å². The topological polar surface area (TPSA) is 55.4 Å². The average Bonchev–Trinajstić information content (AvgIpc) is 3.07. The quantitative estimate of drug-likeness (QED) is 0.831. The molecule has 0 spiro atoms. The highest BCUT2D eigenvalue weighted by atomic mass is 32.1. The molecule has 0 saturated heterocycles. The standard InChI is InChI=1S/C17H19NO3S/c1-3-13-6-8-14(9-7-13)12(2)18-16(19)11-21-17(20)15-5-4-10-22-15/h4-10,12H,3,11H2,1-2H3,(H,18,19)/t12-/m0/s1. The summed E-state index contributed by atoms with van der Waals surface area (Å²) in [5.41, 5.74) is 2.28. The number of ether oxygens (including phenoxy) is 1. The zero-order valence-electron chi connectivity index (χ0n) is 12.7. The molecule has 4 nitrogen and oxygen atoms in total. The number of hydrogen-bond donors (Lipinski definition) is 1. The maximum atomic E-state index is 11.8. The number of carbonyl (C=O) groups excluding carboxylic acids is 2. The molecule has 0 unspecified atom stereocenters. The monoisotopic (exact) mass is 317 g/mol. The lowest BCUT2D eigenvalue weighted by Gasteiger charge is -2.14. The maximum absolute atomic E-state index is 11.8. The van der Waals surface area contributed by atoms with Gasteiger partial charge in [0.2, 0.25) is 0 Å². The Morgan fingerprint density at radius 3 is 2.55 bits per heavy atom. The first-order valence-corrected chi connectivity index (χ1v) is 8.07. The first-order chi connectivity index (χ1) is 10.6. The minimum absolute atomic E-state index is 0.126. The van der Waals surface area contributed by atoms with Gasteiger partial charge in [-0.2, -0.15) is 0 Å². The molecule has 1 N–H and O–H groups in total. The van der Waals surface area contributed by atoms with Crippen LogP contribution in [0.1, 0.15) is 40.7 Å². The summed E-state index contributed by atoms with van der Waals surface area (Å²) >= 11 is 1.29. The van der Waals surface area contributed by atoms with Crippen molar-refractivity contribution in [2.75, 3.05) is 6.61 Å². The summed E-state index contributed by atoms with van der Waals surface area (Å²) in [5.74, 6) is -0.776. The van der Waals surface area contributed by atoms with Crippen LogP contribution < -0.4 is 5.32 Å². The minimum atomic E-state index is -0.467. The van der Waals surface area contributed by atoms with E-state index in [1.54, 1.807) is 17.5 Å². The molecule has 116 valence electrons. The van der Waals surface area contributed by atoms with E-state index in [-0.39, 0.29) is 18.6 Å². The second kappa shape index (κ2) is 7.75. The molecule has 1 atom stereocenters. The fourth-order valence-electron chi connectivity index (χ4n) is 2.01. The highest BCUT2D eigenvalue weighted by Gasteiger charge is 2.13. The summed E-state index contributed by atoms with van der Waals surface area (Å²) in [6, 6.07) is 11.4. The van der Waals surface area contributed by atoms with Gasteiger partial charge in [0.15, 0.2) is 6.61 Å². The van der Waals surface area contributed by atoms with Crippen LogP contribution in [0.5, 0.6) is 0 Å². The highest BCUT2D eigenvalue weighted by molar-refractivity contribution is 7.11. The lowest BCUT2D eigenvalue weighted by Crippen LogP contribution is -2.31. The van der Waals surface area contributed by atoms with Crippen LogP contribution in [0, 0.1) is 0 Å². The number of hydrogen-bond acceptors (Lipinski definition) is 4. The van der Waals surface area contributed by atoms with Crippen molar-refractivity contribution in [1.82, 2.24) is 5.32 Å². The average molecular weight is 317 g/mol. The molecule has 0 radical (unpaired) electrons. The Kier molecular flexibility index (Phi) is 5.72. The predicted molar refractivity (Wildman–Crippen MR) is 87.0 cm³/mol. The lowest BCUT2D eigenvalue weighted by molar-refractivity contribution is -0.124. The Balaban J connectivity index is 1.81. The van der Waals surface area contributed by atoms with E-state index in [2.05, 4.69) is 24.4 Å². The van der Waals surface area contributed by atoms with Crippen molar-refractivity contribution in [2.24, 2.45) is 0 Å². The van der Waals surface area contributed by atoms with E-state index < -0.39 is 5.97 Å².